The largest absolute Gasteiger partial charge is 0.464 e. The number of hydrogen-bond acceptors (Lipinski definition) is 6. The number of halogens is 4. The molecule has 3 aromatic rings. The first-order chi connectivity index (χ1) is 19.3. The highest BCUT2D eigenvalue weighted by Gasteiger charge is 2.42. The number of pyridine rings is 1. The molecule has 3 aliphatic heterocycles. The van der Waals surface area contributed by atoms with E-state index in [4.69, 9.17) is 23.2 Å². The van der Waals surface area contributed by atoms with Crippen LogP contribution in [0.3, 0.4) is 0 Å². The maximum atomic E-state index is 15.4. The SMILES string of the molecule is COC(=O)c1nccc(-c2cnc([C@@H]3CC[C@@H]4CC(c5c([SH]6C=NC(Cl)=C6)ccc(Cl)c5F)=CC(=O)N43)[nH]2)c1F. The predicted octanol–water partition coefficient (Wildman–Crippen LogP) is 6.15. The maximum Gasteiger partial charge on any atom is 0.359 e. The van der Waals surface area contributed by atoms with Gasteiger partial charge in [-0.15, -0.1) is 0 Å². The highest BCUT2D eigenvalue weighted by molar-refractivity contribution is 8.31. The standard InChI is InChI=1S/C27H21Cl2F2N5O3S/c1-39-27(38)25-23(30)15(6-7-32-25)17-10-33-26(35-17)18-4-2-14-8-13(9-21(37)36(14)18)22-19(5-3-16(28)24(22)31)40-11-20(29)34-12-40/h3,5-7,9-12,14,18,40H,2,4,8H2,1H3,(H,33,35)/t14-,18+/m1/s1. The number of thiol groups is 1. The van der Waals surface area contributed by atoms with Gasteiger partial charge in [0, 0.05) is 39.9 Å². The van der Waals surface area contributed by atoms with Crippen LogP contribution in [0.2, 0.25) is 5.02 Å². The van der Waals surface area contributed by atoms with Crippen LogP contribution >= 0.6 is 34.1 Å². The van der Waals surface area contributed by atoms with Gasteiger partial charge in [0.2, 0.25) is 5.91 Å². The Balaban J connectivity index is 1.31. The summed E-state index contributed by atoms with van der Waals surface area (Å²) in [5.41, 5.74) is 2.59. The van der Waals surface area contributed by atoms with Crippen LogP contribution in [0.5, 0.6) is 0 Å². The van der Waals surface area contributed by atoms with Crippen LogP contribution in [0.15, 0.2) is 57.1 Å². The predicted molar refractivity (Wildman–Crippen MR) is 149 cm³/mol. The first-order valence-electron chi connectivity index (χ1n) is 12.3. The Kier molecular flexibility index (Phi) is 6.97. The smallest absolute Gasteiger partial charge is 0.359 e. The van der Waals surface area contributed by atoms with Crippen LogP contribution in [0.4, 0.5) is 8.78 Å². The molecule has 3 atom stereocenters. The molecule has 3 aliphatic rings. The van der Waals surface area contributed by atoms with Gasteiger partial charge in [-0.05, 0) is 48.4 Å². The molecule has 0 aliphatic carbocycles. The van der Waals surface area contributed by atoms with E-state index in [-0.39, 0.29) is 28.6 Å². The lowest BCUT2D eigenvalue weighted by Crippen LogP contribution is -2.39. The van der Waals surface area contributed by atoms with Crippen LogP contribution in [0, 0.1) is 11.6 Å². The summed E-state index contributed by atoms with van der Waals surface area (Å²) in [5, 5.41) is 2.10. The number of ether oxygens (including phenoxy) is 1. The average molecular weight is 604 g/mol. The number of fused-ring (bicyclic) bond motifs is 1. The van der Waals surface area contributed by atoms with Crippen molar-refractivity contribution in [3.05, 3.63) is 81.0 Å². The van der Waals surface area contributed by atoms with E-state index in [1.165, 1.54) is 30.6 Å². The van der Waals surface area contributed by atoms with Crippen LogP contribution < -0.4 is 0 Å². The Morgan fingerprint density at radius 1 is 1.18 bits per heavy atom. The molecular weight excluding hydrogens is 583 g/mol. The van der Waals surface area contributed by atoms with E-state index in [0.29, 0.717) is 52.0 Å². The topological polar surface area (TPSA) is 101 Å². The van der Waals surface area contributed by atoms with Crippen molar-refractivity contribution in [3.8, 4) is 11.3 Å². The Labute approximate surface area is 240 Å². The highest BCUT2D eigenvalue weighted by atomic mass is 35.5. The summed E-state index contributed by atoms with van der Waals surface area (Å²) in [6.45, 7) is 0. The Hall–Kier alpha value is -3.54. The molecule has 1 aromatic carbocycles. The quantitative estimate of drug-likeness (QED) is 0.207. The van der Waals surface area contributed by atoms with Gasteiger partial charge >= 0.3 is 5.97 Å². The summed E-state index contributed by atoms with van der Waals surface area (Å²) < 4.78 is 35.0. The number of hydrogen-bond donors (Lipinski definition) is 2. The third kappa shape index (κ3) is 4.51. The minimum Gasteiger partial charge on any atom is -0.464 e. The number of aromatic amines is 1. The number of aromatic nitrogens is 3. The second-order valence-electron chi connectivity index (χ2n) is 9.42. The zero-order valence-electron chi connectivity index (χ0n) is 20.9. The van der Waals surface area contributed by atoms with Gasteiger partial charge in [0.05, 0.1) is 30.1 Å². The minimum atomic E-state index is -1.09. The number of esters is 1. The molecule has 1 N–H and O–H groups in total. The van der Waals surface area contributed by atoms with Crippen molar-refractivity contribution in [2.45, 2.75) is 36.2 Å². The maximum absolute atomic E-state index is 15.4. The lowest BCUT2D eigenvalue weighted by atomic mass is 9.93. The van der Waals surface area contributed by atoms with E-state index in [0.717, 1.165) is 7.11 Å². The molecule has 1 fully saturated rings. The minimum absolute atomic E-state index is 0.0261. The fourth-order valence-electron chi connectivity index (χ4n) is 5.42. The molecule has 0 radical (unpaired) electrons. The molecule has 40 heavy (non-hydrogen) atoms. The number of nitrogens with zero attached hydrogens (tertiary/aromatic N) is 4. The zero-order valence-corrected chi connectivity index (χ0v) is 23.3. The molecule has 206 valence electrons. The monoisotopic (exact) mass is 603 g/mol. The summed E-state index contributed by atoms with van der Waals surface area (Å²) in [7, 11) is 0.0614. The van der Waals surface area contributed by atoms with Crippen molar-refractivity contribution in [1.29, 1.82) is 0 Å². The first kappa shape index (κ1) is 26.7. The van der Waals surface area contributed by atoms with Gasteiger partial charge in [-0.3, -0.25) is 4.79 Å². The summed E-state index contributed by atoms with van der Waals surface area (Å²) >= 11 is 12.2. The van der Waals surface area contributed by atoms with Crippen molar-refractivity contribution in [2.24, 2.45) is 4.99 Å². The van der Waals surface area contributed by atoms with Gasteiger partial charge in [-0.25, -0.2) is 28.5 Å². The number of nitrogens with one attached hydrogen (secondary N) is 1. The molecule has 5 heterocycles. The summed E-state index contributed by atoms with van der Waals surface area (Å²) in [6.07, 6.45) is 5.92. The van der Waals surface area contributed by atoms with Crippen molar-refractivity contribution < 1.29 is 23.1 Å². The van der Waals surface area contributed by atoms with Gasteiger partial charge in [0.15, 0.2) is 11.5 Å². The number of carbonyl (C=O) groups excluding carboxylic acids is 2. The fourth-order valence-corrected chi connectivity index (χ4v) is 7.63. The van der Waals surface area contributed by atoms with Gasteiger partial charge in [-0.2, -0.15) is 10.9 Å². The van der Waals surface area contributed by atoms with E-state index >= 15 is 8.78 Å². The van der Waals surface area contributed by atoms with Crippen molar-refractivity contribution in [1.82, 2.24) is 19.9 Å². The number of H-pyrrole nitrogens is 1. The van der Waals surface area contributed by atoms with Crippen LogP contribution in [-0.4, -0.2) is 50.4 Å². The van der Waals surface area contributed by atoms with Crippen molar-refractivity contribution in [3.63, 3.8) is 0 Å². The molecule has 2 aromatic heterocycles. The number of benzene rings is 1. The number of imidazole rings is 1. The highest BCUT2D eigenvalue weighted by Crippen LogP contribution is 2.49. The third-order valence-electron chi connectivity index (χ3n) is 7.20. The van der Waals surface area contributed by atoms with Gasteiger partial charge < -0.3 is 14.6 Å². The number of methoxy groups -OCH3 is 1. The molecule has 0 saturated carbocycles. The molecular formula is C27H21Cl2F2N5O3S. The molecule has 13 heteroatoms. The normalized spacial score (nSPS) is 22.8. The molecule has 0 bridgehead atoms. The summed E-state index contributed by atoms with van der Waals surface area (Å²) in [5.74, 6) is -2.09. The summed E-state index contributed by atoms with van der Waals surface area (Å²) in [4.78, 5) is 43.2. The second kappa shape index (κ2) is 10.5. The van der Waals surface area contributed by atoms with Gasteiger partial charge in [-0.1, -0.05) is 23.2 Å². The third-order valence-corrected chi connectivity index (χ3v) is 9.67. The van der Waals surface area contributed by atoms with Crippen molar-refractivity contribution >= 4 is 57.1 Å². The first-order valence-corrected chi connectivity index (χ1v) is 14.5. The molecule has 8 nitrogen and oxygen atoms in total. The average Bonchev–Trinajstić information content (AvgIpc) is 3.69. The molecule has 1 unspecified atom stereocenters. The molecule has 0 spiro atoms. The molecule has 1 amide bonds. The Morgan fingerprint density at radius 3 is 2.75 bits per heavy atom. The van der Waals surface area contributed by atoms with Crippen molar-refractivity contribution in [2.75, 3.05) is 7.11 Å². The van der Waals surface area contributed by atoms with Crippen LogP contribution in [0.1, 0.15) is 47.2 Å². The van der Waals surface area contributed by atoms with E-state index in [1.54, 1.807) is 21.9 Å². The zero-order chi connectivity index (χ0) is 28.1. The van der Waals surface area contributed by atoms with E-state index in [9.17, 15) is 9.59 Å². The number of carbonyl (C=O) groups is 2. The number of amides is 1. The second-order valence-corrected chi connectivity index (χ2v) is 12.0. The summed E-state index contributed by atoms with van der Waals surface area (Å²) in [6, 6.07) is 4.11. The van der Waals surface area contributed by atoms with Crippen LogP contribution in [-0.2, 0) is 9.53 Å². The van der Waals surface area contributed by atoms with E-state index in [2.05, 4.69) is 24.7 Å². The fraction of sp³-hybridized carbons (Fsp3) is 0.222. The number of aliphatic imine (C=N–C) groups is 1. The van der Waals surface area contributed by atoms with Gasteiger partial charge in [0.25, 0.3) is 0 Å². The van der Waals surface area contributed by atoms with Gasteiger partial charge in [0.1, 0.15) is 16.8 Å². The lowest BCUT2D eigenvalue weighted by molar-refractivity contribution is -0.129. The molecule has 6 rings (SSSR count). The molecule has 1 saturated heterocycles. The van der Waals surface area contributed by atoms with E-state index in [1.807, 2.05) is 0 Å². The Bertz CT molecular complexity index is 1660. The van der Waals surface area contributed by atoms with Crippen LogP contribution in [0.25, 0.3) is 16.8 Å². The Morgan fingerprint density at radius 2 is 2.00 bits per heavy atom. The van der Waals surface area contributed by atoms with E-state index < -0.39 is 34.2 Å². The lowest BCUT2D eigenvalue weighted by Gasteiger charge is -2.34. The number of rotatable bonds is 5.